The number of rotatable bonds is 8. The molecule has 1 aromatic carbocycles. The van der Waals surface area contributed by atoms with Gasteiger partial charge in [-0.3, -0.25) is 14.9 Å². The standard InChI is InChI=1S/C12H16N2O6/c1-19-11-3-2-9(8-10(11)14(17)18)12(16)13-4-6-20-7-5-15/h2-3,8,15H,4-7H2,1H3,(H,13,16). The van der Waals surface area contributed by atoms with Crippen LogP contribution in [-0.4, -0.2) is 49.4 Å². The molecule has 0 bridgehead atoms. The largest absolute Gasteiger partial charge is 0.490 e. The number of carbonyl (C=O) groups excluding carboxylic acids is 1. The van der Waals surface area contributed by atoms with Gasteiger partial charge in [-0.05, 0) is 12.1 Å². The number of aliphatic hydroxyl groups is 1. The molecule has 8 nitrogen and oxygen atoms in total. The van der Waals surface area contributed by atoms with Gasteiger partial charge in [0, 0.05) is 18.2 Å². The number of aliphatic hydroxyl groups excluding tert-OH is 1. The van der Waals surface area contributed by atoms with Crippen LogP contribution in [0.3, 0.4) is 0 Å². The molecule has 1 amide bonds. The molecule has 0 heterocycles. The summed E-state index contributed by atoms with van der Waals surface area (Å²) in [5, 5.41) is 21.9. The van der Waals surface area contributed by atoms with E-state index in [9.17, 15) is 14.9 Å². The summed E-state index contributed by atoms with van der Waals surface area (Å²) in [7, 11) is 1.32. The number of nitrogens with zero attached hydrogens (tertiary/aromatic N) is 1. The zero-order chi connectivity index (χ0) is 15.0. The van der Waals surface area contributed by atoms with Gasteiger partial charge in [-0.25, -0.2) is 0 Å². The molecule has 0 aliphatic heterocycles. The Morgan fingerprint density at radius 1 is 1.45 bits per heavy atom. The smallest absolute Gasteiger partial charge is 0.311 e. The first kappa shape index (κ1) is 15.9. The maximum atomic E-state index is 11.8. The van der Waals surface area contributed by atoms with Gasteiger partial charge in [-0.2, -0.15) is 0 Å². The van der Waals surface area contributed by atoms with Crippen LogP contribution in [0, 0.1) is 10.1 Å². The van der Waals surface area contributed by atoms with E-state index in [1.807, 2.05) is 0 Å². The summed E-state index contributed by atoms with van der Waals surface area (Å²) in [4.78, 5) is 22.0. The quantitative estimate of drug-likeness (QED) is 0.404. The molecule has 0 fully saturated rings. The number of nitrogens with one attached hydrogen (secondary N) is 1. The summed E-state index contributed by atoms with van der Waals surface area (Å²) in [6.45, 7) is 0.617. The third-order valence-electron chi connectivity index (χ3n) is 2.41. The first-order valence-corrected chi connectivity index (χ1v) is 5.89. The fourth-order valence-electron chi connectivity index (χ4n) is 1.48. The van der Waals surface area contributed by atoms with Crippen LogP contribution < -0.4 is 10.1 Å². The second kappa shape index (κ2) is 8.08. The van der Waals surface area contributed by atoms with Gasteiger partial charge in [0.15, 0.2) is 5.75 Å². The first-order chi connectivity index (χ1) is 9.60. The highest BCUT2D eigenvalue weighted by molar-refractivity contribution is 5.95. The molecule has 2 N–H and O–H groups in total. The average Bonchev–Trinajstić information content (AvgIpc) is 2.46. The third-order valence-corrected chi connectivity index (χ3v) is 2.41. The van der Waals surface area contributed by atoms with E-state index in [1.54, 1.807) is 0 Å². The molecule has 8 heteroatoms. The number of hydrogen-bond donors (Lipinski definition) is 2. The molecule has 0 aliphatic rings. The third kappa shape index (κ3) is 4.48. The maximum absolute atomic E-state index is 11.8. The van der Waals surface area contributed by atoms with Crippen molar-refractivity contribution < 1.29 is 24.3 Å². The van der Waals surface area contributed by atoms with Crippen molar-refractivity contribution in [3.8, 4) is 5.75 Å². The highest BCUT2D eigenvalue weighted by atomic mass is 16.6. The van der Waals surface area contributed by atoms with Crippen molar-refractivity contribution in [3.63, 3.8) is 0 Å². The van der Waals surface area contributed by atoms with E-state index in [-0.39, 0.29) is 43.4 Å². The molecular formula is C12H16N2O6. The molecule has 0 saturated carbocycles. The van der Waals surface area contributed by atoms with Gasteiger partial charge in [0.1, 0.15) is 0 Å². The van der Waals surface area contributed by atoms with Crippen molar-refractivity contribution in [2.45, 2.75) is 0 Å². The summed E-state index contributed by atoms with van der Waals surface area (Å²) in [5.41, 5.74) is -0.101. The van der Waals surface area contributed by atoms with Gasteiger partial charge in [0.25, 0.3) is 5.91 Å². The number of amides is 1. The minimum absolute atomic E-state index is 0.0847. The lowest BCUT2D eigenvalue weighted by Crippen LogP contribution is -2.27. The van der Waals surface area contributed by atoms with Crippen LogP contribution in [-0.2, 0) is 4.74 Å². The van der Waals surface area contributed by atoms with Gasteiger partial charge in [0.05, 0.1) is 31.9 Å². The Labute approximate surface area is 115 Å². The van der Waals surface area contributed by atoms with Crippen LogP contribution in [0.4, 0.5) is 5.69 Å². The zero-order valence-electron chi connectivity index (χ0n) is 11.0. The molecular weight excluding hydrogens is 268 g/mol. The summed E-state index contributed by atoms with van der Waals surface area (Å²) < 4.78 is 9.82. The van der Waals surface area contributed by atoms with E-state index >= 15 is 0 Å². The van der Waals surface area contributed by atoms with Gasteiger partial charge < -0.3 is 19.9 Å². The minimum Gasteiger partial charge on any atom is -0.490 e. The van der Waals surface area contributed by atoms with E-state index in [0.29, 0.717) is 0 Å². The number of nitro groups is 1. The van der Waals surface area contributed by atoms with Crippen LogP contribution in [0.25, 0.3) is 0 Å². The Balaban J connectivity index is 2.64. The van der Waals surface area contributed by atoms with Gasteiger partial charge in [-0.15, -0.1) is 0 Å². The Morgan fingerprint density at radius 2 is 2.20 bits per heavy atom. The van der Waals surface area contributed by atoms with Crippen molar-refractivity contribution in [1.82, 2.24) is 5.32 Å². The van der Waals surface area contributed by atoms with Gasteiger partial charge >= 0.3 is 5.69 Å². The van der Waals surface area contributed by atoms with Crippen LogP contribution >= 0.6 is 0 Å². The van der Waals surface area contributed by atoms with Crippen molar-refractivity contribution in [2.75, 3.05) is 33.5 Å². The van der Waals surface area contributed by atoms with Crippen molar-refractivity contribution in [1.29, 1.82) is 0 Å². The van der Waals surface area contributed by atoms with E-state index < -0.39 is 10.8 Å². The van der Waals surface area contributed by atoms with Crippen LogP contribution in [0.15, 0.2) is 18.2 Å². The van der Waals surface area contributed by atoms with Crippen LogP contribution in [0.1, 0.15) is 10.4 Å². The van der Waals surface area contributed by atoms with Crippen LogP contribution in [0.5, 0.6) is 5.75 Å². The highest BCUT2D eigenvalue weighted by Gasteiger charge is 2.17. The summed E-state index contributed by atoms with van der Waals surface area (Å²) in [5.74, 6) is -0.346. The predicted octanol–water partition coefficient (Wildman–Crippen LogP) is 0.342. The molecule has 0 saturated heterocycles. The maximum Gasteiger partial charge on any atom is 0.311 e. The number of carbonyl (C=O) groups is 1. The molecule has 0 aromatic heterocycles. The topological polar surface area (TPSA) is 111 Å². The Morgan fingerprint density at radius 3 is 2.80 bits per heavy atom. The highest BCUT2D eigenvalue weighted by Crippen LogP contribution is 2.27. The molecule has 0 radical (unpaired) electrons. The fourth-order valence-corrected chi connectivity index (χ4v) is 1.48. The number of methoxy groups -OCH3 is 1. The monoisotopic (exact) mass is 284 g/mol. The van der Waals surface area contributed by atoms with E-state index in [2.05, 4.69) is 5.32 Å². The van der Waals surface area contributed by atoms with Crippen molar-refractivity contribution >= 4 is 11.6 Å². The minimum atomic E-state index is -0.611. The Bertz CT molecular complexity index is 477. The zero-order valence-corrected chi connectivity index (χ0v) is 11.0. The second-order valence-corrected chi connectivity index (χ2v) is 3.74. The summed E-state index contributed by atoms with van der Waals surface area (Å²) in [6.07, 6.45) is 0. The molecule has 1 rings (SSSR count). The van der Waals surface area contributed by atoms with Crippen molar-refractivity contribution in [3.05, 3.63) is 33.9 Å². The number of hydrogen-bond acceptors (Lipinski definition) is 6. The number of nitro benzene ring substituents is 1. The molecule has 0 unspecified atom stereocenters. The summed E-state index contributed by atoms with van der Waals surface area (Å²) >= 11 is 0. The molecule has 0 atom stereocenters. The van der Waals surface area contributed by atoms with E-state index in [4.69, 9.17) is 14.6 Å². The van der Waals surface area contributed by atoms with Gasteiger partial charge in [-0.1, -0.05) is 0 Å². The lowest BCUT2D eigenvalue weighted by atomic mass is 10.1. The number of ether oxygens (including phenoxy) is 2. The van der Waals surface area contributed by atoms with E-state index in [0.717, 1.165) is 6.07 Å². The Kier molecular flexibility index (Phi) is 6.41. The lowest BCUT2D eigenvalue weighted by Gasteiger charge is -2.07. The molecule has 110 valence electrons. The predicted molar refractivity (Wildman–Crippen MR) is 69.9 cm³/mol. The van der Waals surface area contributed by atoms with Crippen LogP contribution in [0.2, 0.25) is 0 Å². The van der Waals surface area contributed by atoms with Crippen molar-refractivity contribution in [2.24, 2.45) is 0 Å². The molecule has 1 aromatic rings. The SMILES string of the molecule is COc1ccc(C(=O)NCCOCCO)cc1[N+](=O)[O-]. The average molecular weight is 284 g/mol. The fraction of sp³-hybridized carbons (Fsp3) is 0.417. The lowest BCUT2D eigenvalue weighted by molar-refractivity contribution is -0.385. The van der Waals surface area contributed by atoms with E-state index in [1.165, 1.54) is 19.2 Å². The molecule has 0 aliphatic carbocycles. The summed E-state index contributed by atoms with van der Waals surface area (Å²) in [6, 6.07) is 3.97. The van der Waals surface area contributed by atoms with Gasteiger partial charge in [0.2, 0.25) is 0 Å². The Hall–Kier alpha value is -2.19. The first-order valence-electron chi connectivity index (χ1n) is 5.89. The molecule has 20 heavy (non-hydrogen) atoms. The molecule has 0 spiro atoms. The number of benzene rings is 1. The second-order valence-electron chi connectivity index (χ2n) is 3.74. The normalized spacial score (nSPS) is 10.1.